The number of carbonyl (C=O) groups is 2. The summed E-state index contributed by atoms with van der Waals surface area (Å²) in [6, 6.07) is 4.97. The van der Waals surface area contributed by atoms with Crippen LogP contribution in [0.15, 0.2) is 23.6 Å². The van der Waals surface area contributed by atoms with Crippen LogP contribution in [0.1, 0.15) is 10.4 Å². The molecule has 0 bridgehead atoms. The Balaban J connectivity index is 1.87. The van der Waals surface area contributed by atoms with Crippen molar-refractivity contribution >= 4 is 62.8 Å². The van der Waals surface area contributed by atoms with E-state index >= 15 is 0 Å². The molecular formula is C13H10IN3O3S. The van der Waals surface area contributed by atoms with E-state index in [2.05, 4.69) is 33.2 Å². The molecule has 2 aromatic rings. The molecule has 2 heterocycles. The van der Waals surface area contributed by atoms with Crippen molar-refractivity contribution in [2.75, 3.05) is 23.0 Å². The van der Waals surface area contributed by atoms with Gasteiger partial charge in [-0.15, -0.1) is 11.3 Å². The molecule has 0 atom stereocenters. The van der Waals surface area contributed by atoms with Crippen LogP contribution in [-0.4, -0.2) is 18.4 Å². The maximum atomic E-state index is 12.1. The van der Waals surface area contributed by atoms with Crippen LogP contribution < -0.4 is 21.1 Å². The number of hydrogen-bond donors (Lipinski definition) is 3. The zero-order valence-corrected chi connectivity index (χ0v) is 13.6. The van der Waals surface area contributed by atoms with Gasteiger partial charge >= 0.3 is 0 Å². The first-order valence-electron chi connectivity index (χ1n) is 5.94. The van der Waals surface area contributed by atoms with Crippen LogP contribution in [0.3, 0.4) is 0 Å². The Morgan fingerprint density at radius 2 is 2.24 bits per heavy atom. The topological polar surface area (TPSA) is 93.5 Å². The number of hydrogen-bond acceptors (Lipinski definition) is 5. The smallest absolute Gasteiger partial charge is 0.262 e. The highest BCUT2D eigenvalue weighted by molar-refractivity contribution is 14.1. The first-order chi connectivity index (χ1) is 10.0. The number of nitrogens with one attached hydrogen (secondary N) is 2. The van der Waals surface area contributed by atoms with E-state index in [0.29, 0.717) is 28.4 Å². The second kappa shape index (κ2) is 5.53. The zero-order valence-electron chi connectivity index (χ0n) is 10.6. The second-order valence-corrected chi connectivity index (χ2v) is 7.17. The lowest BCUT2D eigenvalue weighted by atomic mass is 10.2. The van der Waals surface area contributed by atoms with Gasteiger partial charge in [-0.3, -0.25) is 9.59 Å². The van der Waals surface area contributed by atoms with E-state index in [1.54, 1.807) is 23.6 Å². The van der Waals surface area contributed by atoms with E-state index in [1.165, 1.54) is 11.3 Å². The largest absolute Gasteiger partial charge is 0.482 e. The summed E-state index contributed by atoms with van der Waals surface area (Å²) in [5, 5.41) is 7.19. The second-order valence-electron chi connectivity index (χ2n) is 4.37. The molecule has 0 saturated heterocycles. The molecule has 0 aliphatic carbocycles. The number of halogens is 1. The van der Waals surface area contributed by atoms with Crippen LogP contribution in [-0.2, 0) is 4.79 Å². The number of anilines is 3. The molecule has 0 radical (unpaired) electrons. The minimum Gasteiger partial charge on any atom is -0.482 e. The molecular weight excluding hydrogens is 405 g/mol. The third kappa shape index (κ3) is 2.95. The predicted octanol–water partition coefficient (Wildman–Crippen LogP) is 2.52. The van der Waals surface area contributed by atoms with Crippen LogP contribution in [0.25, 0.3) is 0 Å². The summed E-state index contributed by atoms with van der Waals surface area (Å²) in [6.45, 7) is -0.0362. The fourth-order valence-corrected chi connectivity index (χ4v) is 3.20. The van der Waals surface area contributed by atoms with E-state index in [0.717, 1.165) is 2.88 Å². The van der Waals surface area contributed by atoms with Crippen LogP contribution in [0.5, 0.6) is 5.75 Å². The number of amides is 2. The molecule has 0 spiro atoms. The van der Waals surface area contributed by atoms with Gasteiger partial charge in [-0.2, -0.15) is 0 Å². The third-order valence-corrected chi connectivity index (χ3v) is 4.65. The van der Waals surface area contributed by atoms with Gasteiger partial charge < -0.3 is 21.1 Å². The standard InChI is InChI=1S/C13H10IN3O3S/c14-11-1-6(5-21-11)13(19)17-8-3-9-10(2-7(8)15)20-4-12(18)16-9/h1-3,5H,4,15H2,(H,16,18)(H,17,19). The van der Waals surface area contributed by atoms with E-state index in [4.69, 9.17) is 10.5 Å². The van der Waals surface area contributed by atoms with Crippen LogP contribution >= 0.6 is 33.9 Å². The minimum atomic E-state index is -0.246. The van der Waals surface area contributed by atoms with E-state index in [-0.39, 0.29) is 18.4 Å². The van der Waals surface area contributed by atoms with Gasteiger partial charge in [0, 0.05) is 11.4 Å². The number of benzene rings is 1. The van der Waals surface area contributed by atoms with Crippen molar-refractivity contribution in [1.82, 2.24) is 0 Å². The number of rotatable bonds is 2. The maximum absolute atomic E-state index is 12.1. The van der Waals surface area contributed by atoms with Gasteiger partial charge in [-0.25, -0.2) is 0 Å². The van der Waals surface area contributed by atoms with Gasteiger partial charge in [0.15, 0.2) is 6.61 Å². The number of ether oxygens (including phenoxy) is 1. The van der Waals surface area contributed by atoms with Gasteiger partial charge in [0.1, 0.15) is 5.75 Å². The van der Waals surface area contributed by atoms with Crippen molar-refractivity contribution in [2.45, 2.75) is 0 Å². The molecule has 1 aromatic carbocycles. The zero-order chi connectivity index (χ0) is 15.0. The Hall–Kier alpha value is -1.81. The van der Waals surface area contributed by atoms with Gasteiger partial charge in [0.05, 0.1) is 25.5 Å². The molecule has 0 unspecified atom stereocenters. The Morgan fingerprint density at radius 3 is 2.95 bits per heavy atom. The number of nitrogens with two attached hydrogens (primary N) is 1. The minimum absolute atomic E-state index is 0.0362. The van der Waals surface area contributed by atoms with Crippen LogP contribution in [0, 0.1) is 2.88 Å². The Bertz CT molecular complexity index is 744. The number of nitrogen functional groups attached to an aromatic ring is 1. The molecule has 6 nitrogen and oxygen atoms in total. The molecule has 0 fully saturated rings. The van der Waals surface area contributed by atoms with Crippen LogP contribution in [0.2, 0.25) is 0 Å². The highest BCUT2D eigenvalue weighted by atomic mass is 127. The third-order valence-electron chi connectivity index (χ3n) is 2.86. The Morgan fingerprint density at radius 1 is 1.43 bits per heavy atom. The number of fused-ring (bicyclic) bond motifs is 1. The highest BCUT2D eigenvalue weighted by Gasteiger charge is 2.19. The lowest BCUT2D eigenvalue weighted by Gasteiger charge is -2.20. The quantitative estimate of drug-likeness (QED) is 0.519. The van der Waals surface area contributed by atoms with Crippen molar-refractivity contribution in [2.24, 2.45) is 0 Å². The van der Waals surface area contributed by atoms with Crippen molar-refractivity contribution < 1.29 is 14.3 Å². The van der Waals surface area contributed by atoms with E-state index < -0.39 is 0 Å². The molecule has 1 aromatic heterocycles. The van der Waals surface area contributed by atoms with Crippen molar-refractivity contribution in [1.29, 1.82) is 0 Å². The summed E-state index contributed by atoms with van der Waals surface area (Å²) < 4.78 is 6.29. The van der Waals surface area contributed by atoms with Crippen molar-refractivity contribution in [3.63, 3.8) is 0 Å². The Kier molecular flexibility index (Phi) is 3.72. The highest BCUT2D eigenvalue weighted by Crippen LogP contribution is 2.35. The molecule has 108 valence electrons. The van der Waals surface area contributed by atoms with Gasteiger partial charge in [0.25, 0.3) is 11.8 Å². The molecule has 1 aliphatic heterocycles. The SMILES string of the molecule is Nc1cc2c(cc1NC(=O)c1csc(I)c1)NC(=O)CO2. The lowest BCUT2D eigenvalue weighted by molar-refractivity contribution is -0.118. The van der Waals surface area contributed by atoms with Gasteiger partial charge in [-0.05, 0) is 34.7 Å². The average molecular weight is 415 g/mol. The normalized spacial score (nSPS) is 13.1. The lowest BCUT2D eigenvalue weighted by Crippen LogP contribution is -2.25. The van der Waals surface area contributed by atoms with Gasteiger partial charge in [0.2, 0.25) is 0 Å². The van der Waals surface area contributed by atoms with Crippen molar-refractivity contribution in [3.05, 3.63) is 32.0 Å². The molecule has 0 saturated carbocycles. The first kappa shape index (κ1) is 14.1. The molecule has 21 heavy (non-hydrogen) atoms. The average Bonchev–Trinajstić information content (AvgIpc) is 2.87. The summed E-state index contributed by atoms with van der Waals surface area (Å²) in [5.41, 5.74) is 7.79. The molecule has 1 aliphatic rings. The summed E-state index contributed by atoms with van der Waals surface area (Å²) in [6.07, 6.45) is 0. The summed E-state index contributed by atoms with van der Waals surface area (Å²) in [7, 11) is 0. The number of thiophene rings is 1. The van der Waals surface area contributed by atoms with Gasteiger partial charge in [-0.1, -0.05) is 0 Å². The molecule has 4 N–H and O–H groups in total. The van der Waals surface area contributed by atoms with Crippen molar-refractivity contribution in [3.8, 4) is 5.75 Å². The Labute approximate surface area is 137 Å². The van der Waals surface area contributed by atoms with E-state index in [9.17, 15) is 9.59 Å². The van der Waals surface area contributed by atoms with E-state index in [1.807, 2.05) is 0 Å². The fraction of sp³-hybridized carbons (Fsp3) is 0.0769. The predicted molar refractivity (Wildman–Crippen MR) is 90.0 cm³/mol. The maximum Gasteiger partial charge on any atom is 0.262 e. The molecule has 8 heteroatoms. The molecule has 3 rings (SSSR count). The monoisotopic (exact) mass is 415 g/mol. The fourth-order valence-electron chi connectivity index (χ4n) is 1.87. The first-order valence-corrected chi connectivity index (χ1v) is 7.90. The van der Waals surface area contributed by atoms with Crippen LogP contribution in [0.4, 0.5) is 17.1 Å². The summed E-state index contributed by atoms with van der Waals surface area (Å²) in [4.78, 5) is 23.4. The number of carbonyl (C=O) groups excluding carboxylic acids is 2. The summed E-state index contributed by atoms with van der Waals surface area (Å²) in [5.74, 6) is 0.0102. The summed E-state index contributed by atoms with van der Waals surface area (Å²) >= 11 is 3.64. The molecule has 2 amide bonds.